The lowest BCUT2D eigenvalue weighted by Gasteiger charge is -2.18. The first-order valence-corrected chi connectivity index (χ1v) is 27.8. The van der Waals surface area contributed by atoms with Gasteiger partial charge in [-0.2, -0.15) is 0 Å². The molecule has 0 saturated heterocycles. The van der Waals surface area contributed by atoms with Crippen LogP contribution in [-0.2, 0) is 0 Å². The van der Waals surface area contributed by atoms with Crippen LogP contribution in [0.15, 0.2) is 288 Å². The molecule has 0 fully saturated rings. The van der Waals surface area contributed by atoms with E-state index in [1.54, 1.807) is 0 Å². The SMILES string of the molecule is c1ccc(-c2cccc(-c3ccccc3)c2-c2cc(-c3cccc(-n4c5ccccc5c5cc(-c6ccc7oc8ccccc8c7c6)ccc54)c3)nc(-n3c4ccccc4c4cc(-c5ccc6oc7ccccc7c6c5)ccc43)n2)cc1. The Hall–Kier alpha value is -11.1. The number of aromatic nitrogens is 4. The molecule has 0 N–H and O–H groups in total. The lowest BCUT2D eigenvalue weighted by atomic mass is 9.89. The van der Waals surface area contributed by atoms with E-state index in [0.717, 1.165) is 149 Å². The molecular weight excluding hydrogens is 1000 g/mol. The Morgan fingerprint density at radius 2 is 0.659 bits per heavy atom. The van der Waals surface area contributed by atoms with E-state index in [-0.39, 0.29) is 0 Å². The summed E-state index contributed by atoms with van der Waals surface area (Å²) in [6.07, 6.45) is 0. The summed E-state index contributed by atoms with van der Waals surface area (Å²) in [7, 11) is 0. The molecule has 0 amide bonds. The molecule has 382 valence electrons. The second-order valence-corrected chi connectivity index (χ2v) is 21.2. The summed E-state index contributed by atoms with van der Waals surface area (Å²) in [5.41, 5.74) is 21.4. The molecule has 0 aliphatic carbocycles. The quantitative estimate of drug-likeness (QED) is 0.152. The zero-order valence-electron chi connectivity index (χ0n) is 44.2. The van der Waals surface area contributed by atoms with Crippen LogP contribution in [0, 0.1) is 0 Å². The third-order valence-electron chi connectivity index (χ3n) is 16.6. The van der Waals surface area contributed by atoms with E-state index in [0.29, 0.717) is 5.95 Å². The molecule has 0 aliphatic heterocycles. The maximum absolute atomic E-state index is 6.25. The number of fused-ring (bicyclic) bond motifs is 12. The van der Waals surface area contributed by atoms with Crippen LogP contribution in [0.4, 0.5) is 0 Å². The number of para-hydroxylation sites is 4. The molecule has 5 aromatic heterocycles. The van der Waals surface area contributed by atoms with E-state index >= 15 is 0 Å². The molecular formula is C76H46N4O2. The zero-order chi connectivity index (χ0) is 53.8. The van der Waals surface area contributed by atoms with Crippen LogP contribution in [0.2, 0.25) is 0 Å². The van der Waals surface area contributed by atoms with Gasteiger partial charge in [-0.1, -0.05) is 188 Å². The Morgan fingerprint density at radius 1 is 0.244 bits per heavy atom. The van der Waals surface area contributed by atoms with E-state index in [1.807, 2.05) is 24.3 Å². The van der Waals surface area contributed by atoms with Gasteiger partial charge in [0.25, 0.3) is 0 Å². The maximum atomic E-state index is 6.25. The number of hydrogen-bond acceptors (Lipinski definition) is 4. The molecule has 6 nitrogen and oxygen atoms in total. The minimum absolute atomic E-state index is 0.580. The Balaban J connectivity index is 0.868. The Morgan fingerprint density at radius 3 is 1.23 bits per heavy atom. The number of benzene rings is 12. The zero-order valence-corrected chi connectivity index (χ0v) is 44.2. The molecule has 0 atom stereocenters. The summed E-state index contributed by atoms with van der Waals surface area (Å²) in [5.74, 6) is 0.580. The van der Waals surface area contributed by atoms with Gasteiger partial charge in [-0.15, -0.1) is 0 Å². The first-order valence-electron chi connectivity index (χ1n) is 27.8. The fraction of sp³-hybridized carbons (Fsp3) is 0. The van der Waals surface area contributed by atoms with Crippen LogP contribution in [0.25, 0.3) is 166 Å². The van der Waals surface area contributed by atoms with Crippen molar-refractivity contribution in [3.63, 3.8) is 0 Å². The smallest absolute Gasteiger partial charge is 0.235 e. The highest BCUT2D eigenvalue weighted by Crippen LogP contribution is 2.44. The number of hydrogen-bond donors (Lipinski definition) is 0. The standard InChI is InChI=1S/C76H46N4O2/c1-3-17-47(18-4-1)55-27-16-28-56(48-19-5-2-6-20-48)75(55)66-46-65(77-76(78-66)80-68-30-12-8-24-58(68)62-43-50(34-38-70(62)80)52-36-40-74-64(45-52)60-26-10-14-32-72(60)82-74)53-21-15-22-54(41-53)79-67-29-11-7-23-57(67)61-42-49(33-37-69(61)79)51-35-39-73-63(44-51)59-25-9-13-31-71(59)81-73/h1-46H. The predicted octanol–water partition coefficient (Wildman–Crippen LogP) is 20.5. The van der Waals surface area contributed by atoms with E-state index in [4.69, 9.17) is 18.8 Å². The van der Waals surface area contributed by atoms with Crippen molar-refractivity contribution in [2.45, 2.75) is 0 Å². The van der Waals surface area contributed by atoms with Crippen molar-refractivity contribution in [1.82, 2.24) is 19.1 Å². The van der Waals surface area contributed by atoms with Gasteiger partial charge in [0, 0.05) is 59.9 Å². The minimum atomic E-state index is 0.580. The molecule has 0 aliphatic rings. The summed E-state index contributed by atoms with van der Waals surface area (Å²) >= 11 is 0. The van der Waals surface area contributed by atoms with Gasteiger partial charge >= 0.3 is 0 Å². The van der Waals surface area contributed by atoms with Crippen molar-refractivity contribution in [1.29, 1.82) is 0 Å². The van der Waals surface area contributed by atoms with Gasteiger partial charge in [0.05, 0.1) is 33.5 Å². The molecule has 5 heterocycles. The van der Waals surface area contributed by atoms with Gasteiger partial charge in [-0.05, 0) is 136 Å². The highest BCUT2D eigenvalue weighted by molar-refractivity contribution is 6.13. The monoisotopic (exact) mass is 1050 g/mol. The summed E-state index contributed by atoms with van der Waals surface area (Å²) < 4.78 is 17.1. The Bertz CT molecular complexity index is 5350. The lowest BCUT2D eigenvalue weighted by molar-refractivity contribution is 0.668. The van der Waals surface area contributed by atoms with Crippen molar-refractivity contribution in [3.05, 3.63) is 279 Å². The predicted molar refractivity (Wildman–Crippen MR) is 338 cm³/mol. The van der Waals surface area contributed by atoms with Crippen LogP contribution in [-0.4, -0.2) is 19.1 Å². The average Bonchev–Trinajstić information content (AvgIpc) is 4.05. The van der Waals surface area contributed by atoms with Crippen LogP contribution in [0.5, 0.6) is 0 Å². The first kappa shape index (κ1) is 45.9. The van der Waals surface area contributed by atoms with E-state index in [1.165, 1.54) is 10.8 Å². The molecule has 0 unspecified atom stereocenters. The van der Waals surface area contributed by atoms with E-state index in [9.17, 15) is 0 Å². The fourth-order valence-corrected chi connectivity index (χ4v) is 12.8. The second-order valence-electron chi connectivity index (χ2n) is 21.2. The molecule has 0 radical (unpaired) electrons. The summed E-state index contributed by atoms with van der Waals surface area (Å²) in [5, 5.41) is 9.04. The average molecular weight is 1050 g/mol. The van der Waals surface area contributed by atoms with Crippen LogP contribution in [0.3, 0.4) is 0 Å². The molecule has 17 aromatic rings. The number of rotatable bonds is 8. The summed E-state index contributed by atoms with van der Waals surface area (Å²) in [4.78, 5) is 11.4. The van der Waals surface area contributed by atoms with Crippen molar-refractivity contribution in [3.8, 4) is 78.7 Å². The first-order chi connectivity index (χ1) is 40.6. The van der Waals surface area contributed by atoms with Crippen molar-refractivity contribution >= 4 is 87.5 Å². The third-order valence-corrected chi connectivity index (χ3v) is 16.6. The third kappa shape index (κ3) is 7.28. The molecule has 82 heavy (non-hydrogen) atoms. The molecule has 17 rings (SSSR count). The van der Waals surface area contributed by atoms with Gasteiger partial charge in [0.1, 0.15) is 22.3 Å². The largest absolute Gasteiger partial charge is 0.456 e. The fourth-order valence-electron chi connectivity index (χ4n) is 12.8. The number of nitrogens with zero attached hydrogens (tertiary/aromatic N) is 4. The minimum Gasteiger partial charge on any atom is -0.456 e. The molecule has 0 saturated carbocycles. The van der Waals surface area contributed by atoms with Crippen LogP contribution >= 0.6 is 0 Å². The highest BCUT2D eigenvalue weighted by Gasteiger charge is 2.23. The van der Waals surface area contributed by atoms with Gasteiger partial charge in [-0.3, -0.25) is 4.57 Å². The summed E-state index contributed by atoms with van der Waals surface area (Å²) in [6.45, 7) is 0. The van der Waals surface area contributed by atoms with Crippen LogP contribution in [0.1, 0.15) is 0 Å². The summed E-state index contributed by atoms with van der Waals surface area (Å²) in [6, 6.07) is 99.5. The van der Waals surface area contributed by atoms with Gasteiger partial charge in [0.2, 0.25) is 5.95 Å². The van der Waals surface area contributed by atoms with Gasteiger partial charge < -0.3 is 13.4 Å². The van der Waals surface area contributed by atoms with E-state index < -0.39 is 0 Å². The Kier molecular flexibility index (Phi) is 10.2. The highest BCUT2D eigenvalue weighted by atomic mass is 16.3. The van der Waals surface area contributed by atoms with Crippen molar-refractivity contribution < 1.29 is 8.83 Å². The lowest BCUT2D eigenvalue weighted by Crippen LogP contribution is -2.05. The normalized spacial score (nSPS) is 11.9. The number of furan rings is 2. The molecule has 6 heteroatoms. The topological polar surface area (TPSA) is 61.9 Å². The Labute approximate surface area is 470 Å². The molecule has 0 bridgehead atoms. The van der Waals surface area contributed by atoms with E-state index in [2.05, 4.69) is 264 Å². The van der Waals surface area contributed by atoms with Crippen molar-refractivity contribution in [2.75, 3.05) is 0 Å². The van der Waals surface area contributed by atoms with Gasteiger partial charge in [0.15, 0.2) is 0 Å². The molecule has 0 spiro atoms. The maximum Gasteiger partial charge on any atom is 0.235 e. The van der Waals surface area contributed by atoms with Crippen LogP contribution < -0.4 is 0 Å². The second kappa shape index (κ2) is 18.2. The van der Waals surface area contributed by atoms with Gasteiger partial charge in [-0.25, -0.2) is 9.97 Å². The van der Waals surface area contributed by atoms with Crippen molar-refractivity contribution in [2.24, 2.45) is 0 Å². The molecule has 12 aromatic carbocycles.